The molecule has 238 valence electrons. The number of ether oxygens (including phenoxy) is 5. The molecule has 4 aromatic carbocycles. The molecule has 0 aromatic heterocycles. The number of carbonyl (C=O) groups is 4. The van der Waals surface area contributed by atoms with Gasteiger partial charge < -0.3 is 23.7 Å². The van der Waals surface area contributed by atoms with Gasteiger partial charge in [0.15, 0.2) is 0 Å². The average Bonchev–Trinajstić information content (AvgIpc) is 3.08. The normalized spacial score (nSPS) is 10.8. The quantitative estimate of drug-likeness (QED) is 0.0918. The van der Waals surface area contributed by atoms with E-state index in [1.54, 1.807) is 62.4 Å². The number of benzene rings is 4. The van der Waals surface area contributed by atoms with Crippen LogP contribution in [0, 0.1) is 5.41 Å². The van der Waals surface area contributed by atoms with Gasteiger partial charge in [-0.2, -0.15) is 0 Å². The molecule has 0 saturated heterocycles. The molecule has 0 aliphatic heterocycles. The summed E-state index contributed by atoms with van der Waals surface area (Å²) in [4.78, 5) is 49.1. The van der Waals surface area contributed by atoms with E-state index in [4.69, 9.17) is 23.7 Å². The summed E-state index contributed by atoms with van der Waals surface area (Å²) in [6.07, 6.45) is -0.136. The zero-order chi connectivity index (χ0) is 32.8. The average molecular weight is 625 g/mol. The summed E-state index contributed by atoms with van der Waals surface area (Å²) in [5.41, 5.74) is 2.51. The summed E-state index contributed by atoms with van der Waals surface area (Å²) >= 11 is 0. The van der Waals surface area contributed by atoms with Crippen LogP contribution in [0.15, 0.2) is 109 Å². The Morgan fingerprint density at radius 2 is 0.891 bits per heavy atom. The minimum atomic E-state index is -1.17. The van der Waals surface area contributed by atoms with Gasteiger partial charge in [0.2, 0.25) is 5.78 Å². The molecule has 0 atom stereocenters. The van der Waals surface area contributed by atoms with Crippen molar-refractivity contribution in [2.24, 2.45) is 5.41 Å². The fraction of sp³-hybridized carbons (Fsp3) is 0.243. The van der Waals surface area contributed by atoms with Crippen LogP contribution in [0.2, 0.25) is 0 Å². The Morgan fingerprint density at radius 1 is 0.478 bits per heavy atom. The third-order valence-corrected chi connectivity index (χ3v) is 6.66. The molecule has 4 aromatic rings. The van der Waals surface area contributed by atoms with Crippen molar-refractivity contribution in [3.05, 3.63) is 131 Å². The van der Waals surface area contributed by atoms with Gasteiger partial charge in [0.1, 0.15) is 44.5 Å². The molecule has 0 unspecified atom stereocenters. The molecule has 0 aliphatic carbocycles. The van der Waals surface area contributed by atoms with Crippen LogP contribution in [-0.4, -0.2) is 36.9 Å². The summed E-state index contributed by atoms with van der Waals surface area (Å²) in [5, 5.41) is 0. The van der Waals surface area contributed by atoms with Crippen LogP contribution < -0.4 is 9.47 Å². The SMILES string of the molecule is CC(C)(COC(=O)C(=O)Cc1ccc(OCc2ccccc2)cc1)COC(=O)C(=O)OCc1ccc(OCc2ccccc2)cc1. The largest absolute Gasteiger partial charge is 0.489 e. The van der Waals surface area contributed by atoms with Gasteiger partial charge in [0.05, 0.1) is 0 Å². The van der Waals surface area contributed by atoms with Gasteiger partial charge in [-0.05, 0) is 46.5 Å². The fourth-order valence-corrected chi connectivity index (χ4v) is 4.04. The topological polar surface area (TPSA) is 114 Å². The molecular formula is C37H36O9. The second-order valence-corrected chi connectivity index (χ2v) is 11.3. The molecule has 46 heavy (non-hydrogen) atoms. The highest BCUT2D eigenvalue weighted by atomic mass is 16.6. The molecule has 0 saturated carbocycles. The van der Waals surface area contributed by atoms with Crippen molar-refractivity contribution in [3.8, 4) is 11.5 Å². The molecule has 0 spiro atoms. The first kappa shape index (κ1) is 33.5. The molecule has 0 radical (unpaired) electrons. The standard InChI is InChI=1S/C37H36O9/c1-37(2,25-45-34(39)33(38)21-27-13-17-31(18-14-27)42-22-28-9-5-3-6-10-28)26-46-36(41)35(40)44-24-30-15-19-32(20-16-30)43-23-29-11-7-4-8-12-29/h3-20H,21-26H2,1-2H3. The first-order valence-electron chi connectivity index (χ1n) is 14.7. The van der Waals surface area contributed by atoms with Crippen LogP contribution in [0.25, 0.3) is 0 Å². The molecule has 9 nitrogen and oxygen atoms in total. The number of ketones is 1. The predicted molar refractivity (Wildman–Crippen MR) is 169 cm³/mol. The van der Waals surface area contributed by atoms with E-state index < -0.39 is 29.1 Å². The molecule has 0 N–H and O–H groups in total. The van der Waals surface area contributed by atoms with Crippen LogP contribution in [0.5, 0.6) is 11.5 Å². The van der Waals surface area contributed by atoms with Gasteiger partial charge in [-0.15, -0.1) is 0 Å². The number of hydrogen-bond donors (Lipinski definition) is 0. The molecule has 9 heteroatoms. The summed E-state index contributed by atoms with van der Waals surface area (Å²) in [7, 11) is 0. The van der Waals surface area contributed by atoms with E-state index in [0.29, 0.717) is 35.8 Å². The van der Waals surface area contributed by atoms with E-state index in [-0.39, 0.29) is 26.2 Å². The Morgan fingerprint density at radius 3 is 1.39 bits per heavy atom. The van der Waals surface area contributed by atoms with Crippen LogP contribution in [0.1, 0.15) is 36.1 Å². The van der Waals surface area contributed by atoms with Gasteiger partial charge in [0, 0.05) is 11.8 Å². The lowest BCUT2D eigenvalue weighted by Gasteiger charge is -2.23. The first-order chi connectivity index (χ1) is 22.2. The number of rotatable bonds is 15. The zero-order valence-electron chi connectivity index (χ0n) is 25.8. The lowest BCUT2D eigenvalue weighted by Crippen LogP contribution is -2.32. The summed E-state index contributed by atoms with van der Waals surface area (Å²) < 4.78 is 26.8. The summed E-state index contributed by atoms with van der Waals surface area (Å²) in [5.74, 6) is -2.74. The number of Topliss-reactive ketones (excluding diaryl/α,β-unsaturated/α-hetero) is 1. The zero-order valence-corrected chi connectivity index (χ0v) is 25.8. The van der Waals surface area contributed by atoms with Crippen molar-refractivity contribution in [1.82, 2.24) is 0 Å². The molecular weight excluding hydrogens is 588 g/mol. The highest BCUT2D eigenvalue weighted by molar-refractivity contribution is 6.34. The molecule has 0 amide bonds. The number of hydrogen-bond acceptors (Lipinski definition) is 9. The highest BCUT2D eigenvalue weighted by Crippen LogP contribution is 2.19. The maximum absolute atomic E-state index is 12.4. The second-order valence-electron chi connectivity index (χ2n) is 11.3. The Hall–Kier alpha value is -5.44. The molecule has 4 rings (SSSR count). The van der Waals surface area contributed by atoms with Crippen LogP contribution in [0.4, 0.5) is 0 Å². The van der Waals surface area contributed by atoms with Crippen molar-refractivity contribution in [2.75, 3.05) is 13.2 Å². The lowest BCUT2D eigenvalue weighted by atomic mass is 9.96. The molecule has 0 fully saturated rings. The molecule has 0 bridgehead atoms. The van der Waals surface area contributed by atoms with E-state index in [9.17, 15) is 19.2 Å². The summed E-state index contributed by atoms with van der Waals surface area (Å²) in [6.45, 7) is 3.61. The Balaban J connectivity index is 1.12. The molecule has 0 aliphatic rings. The smallest absolute Gasteiger partial charge is 0.417 e. The van der Waals surface area contributed by atoms with Gasteiger partial charge in [-0.3, -0.25) is 4.79 Å². The Labute approximate surface area is 268 Å². The number of esters is 3. The van der Waals surface area contributed by atoms with Crippen molar-refractivity contribution in [2.45, 2.75) is 40.1 Å². The second kappa shape index (κ2) is 16.6. The predicted octanol–water partition coefficient (Wildman–Crippen LogP) is 5.81. The van der Waals surface area contributed by atoms with E-state index in [1.165, 1.54) is 0 Å². The number of carbonyl (C=O) groups excluding carboxylic acids is 4. The van der Waals surface area contributed by atoms with E-state index >= 15 is 0 Å². The highest BCUT2D eigenvalue weighted by Gasteiger charge is 2.27. The van der Waals surface area contributed by atoms with Gasteiger partial charge >= 0.3 is 17.9 Å². The Kier molecular flexibility index (Phi) is 12.1. The maximum Gasteiger partial charge on any atom is 0.417 e. The van der Waals surface area contributed by atoms with E-state index in [2.05, 4.69) is 0 Å². The minimum Gasteiger partial charge on any atom is -0.489 e. The minimum absolute atomic E-state index is 0.126. The van der Waals surface area contributed by atoms with Gasteiger partial charge in [0.25, 0.3) is 0 Å². The van der Waals surface area contributed by atoms with E-state index in [1.807, 2.05) is 60.7 Å². The monoisotopic (exact) mass is 624 g/mol. The van der Waals surface area contributed by atoms with Crippen molar-refractivity contribution in [3.63, 3.8) is 0 Å². The summed E-state index contributed by atoms with van der Waals surface area (Å²) in [6, 6.07) is 33.3. The first-order valence-corrected chi connectivity index (χ1v) is 14.7. The maximum atomic E-state index is 12.4. The van der Waals surface area contributed by atoms with Gasteiger partial charge in [-0.25, -0.2) is 14.4 Å². The fourth-order valence-electron chi connectivity index (χ4n) is 4.04. The third kappa shape index (κ3) is 11.2. The Bertz CT molecular complexity index is 1580. The van der Waals surface area contributed by atoms with Crippen molar-refractivity contribution in [1.29, 1.82) is 0 Å². The lowest BCUT2D eigenvalue weighted by molar-refractivity contribution is -0.171. The van der Waals surface area contributed by atoms with Crippen LogP contribution in [0.3, 0.4) is 0 Å². The van der Waals surface area contributed by atoms with Crippen molar-refractivity contribution >= 4 is 23.7 Å². The molecule has 0 heterocycles. The van der Waals surface area contributed by atoms with Crippen LogP contribution in [-0.2, 0) is 59.6 Å². The van der Waals surface area contributed by atoms with Crippen LogP contribution >= 0.6 is 0 Å². The van der Waals surface area contributed by atoms with Gasteiger partial charge in [-0.1, -0.05) is 98.8 Å². The van der Waals surface area contributed by atoms with E-state index in [0.717, 1.165) is 11.1 Å². The van der Waals surface area contributed by atoms with Crippen molar-refractivity contribution < 1.29 is 42.9 Å². The third-order valence-electron chi connectivity index (χ3n) is 6.66.